The number of carbonyl (C=O) groups is 1. The van der Waals surface area contributed by atoms with Crippen LogP contribution in [0, 0.1) is 0 Å². The number of nitrogens with one attached hydrogen (secondary N) is 2. The highest BCUT2D eigenvalue weighted by Crippen LogP contribution is 2.20. The van der Waals surface area contributed by atoms with Gasteiger partial charge < -0.3 is 10.2 Å². The molecule has 1 amide bonds. The molecule has 0 aromatic carbocycles. The van der Waals surface area contributed by atoms with Gasteiger partial charge in [0, 0.05) is 25.5 Å². The minimum atomic E-state index is -3.48. The van der Waals surface area contributed by atoms with E-state index in [1.807, 2.05) is 0 Å². The summed E-state index contributed by atoms with van der Waals surface area (Å²) in [4.78, 5) is 14.1. The van der Waals surface area contributed by atoms with E-state index in [2.05, 4.69) is 10.0 Å². The fourth-order valence-electron chi connectivity index (χ4n) is 1.26. The van der Waals surface area contributed by atoms with Crippen LogP contribution in [0.5, 0.6) is 0 Å². The van der Waals surface area contributed by atoms with Crippen LogP contribution in [0.2, 0.25) is 0 Å². The average molecular weight is 328 g/mol. The molecule has 0 aliphatic heterocycles. The number of hydrogen-bond donors (Lipinski definition) is 2. The second kappa shape index (κ2) is 7.81. The van der Waals surface area contributed by atoms with Gasteiger partial charge in [-0.2, -0.15) is 0 Å². The lowest BCUT2D eigenvalue weighted by Crippen LogP contribution is -2.32. The monoisotopic (exact) mass is 327 g/mol. The molecule has 1 aromatic rings. The number of nitrogens with zero attached hydrogens (tertiary/aromatic N) is 1. The van der Waals surface area contributed by atoms with E-state index in [1.54, 1.807) is 19.0 Å². The van der Waals surface area contributed by atoms with Gasteiger partial charge in [0.1, 0.15) is 0 Å². The van der Waals surface area contributed by atoms with Crippen molar-refractivity contribution in [2.45, 2.75) is 4.90 Å². The summed E-state index contributed by atoms with van der Waals surface area (Å²) >= 11 is 1.13. The van der Waals surface area contributed by atoms with Gasteiger partial charge in [-0.3, -0.25) is 4.79 Å². The van der Waals surface area contributed by atoms with Gasteiger partial charge in [-0.1, -0.05) is 0 Å². The fraction of sp³-hybridized carbons (Fsp3) is 0.500. The SMILES string of the molecule is CNCCN(C)C(=O)c1cc(S(=O)(=O)NC)cs1.Cl. The van der Waals surface area contributed by atoms with Crippen molar-refractivity contribution in [3.05, 3.63) is 16.3 Å². The third-order valence-electron chi connectivity index (χ3n) is 2.41. The maximum Gasteiger partial charge on any atom is 0.263 e. The van der Waals surface area contributed by atoms with Crippen molar-refractivity contribution in [1.29, 1.82) is 0 Å². The van der Waals surface area contributed by atoms with Crippen molar-refractivity contribution in [2.24, 2.45) is 0 Å². The minimum Gasteiger partial charge on any atom is -0.340 e. The third-order valence-corrected chi connectivity index (χ3v) is 4.87. The second-order valence-electron chi connectivity index (χ2n) is 3.68. The topological polar surface area (TPSA) is 78.5 Å². The van der Waals surface area contributed by atoms with Crippen LogP contribution in [0.15, 0.2) is 16.3 Å². The summed E-state index contributed by atoms with van der Waals surface area (Å²) in [7, 11) is 1.36. The first-order valence-electron chi connectivity index (χ1n) is 5.34. The fourth-order valence-corrected chi connectivity index (χ4v) is 3.26. The van der Waals surface area contributed by atoms with Crippen LogP contribution in [0.3, 0.4) is 0 Å². The van der Waals surface area contributed by atoms with E-state index in [1.165, 1.54) is 18.5 Å². The van der Waals surface area contributed by atoms with Gasteiger partial charge in [0.05, 0.1) is 9.77 Å². The van der Waals surface area contributed by atoms with Crippen LogP contribution in [0.4, 0.5) is 0 Å². The highest BCUT2D eigenvalue weighted by atomic mass is 35.5. The number of rotatable bonds is 6. The maximum atomic E-state index is 12.0. The van der Waals surface area contributed by atoms with E-state index >= 15 is 0 Å². The highest BCUT2D eigenvalue weighted by Gasteiger charge is 2.19. The minimum absolute atomic E-state index is 0. The number of thiophene rings is 1. The van der Waals surface area contributed by atoms with E-state index in [0.29, 0.717) is 18.0 Å². The van der Waals surface area contributed by atoms with Crippen molar-refractivity contribution in [1.82, 2.24) is 14.9 Å². The van der Waals surface area contributed by atoms with Crippen LogP contribution in [-0.2, 0) is 10.0 Å². The quantitative estimate of drug-likeness (QED) is 0.791. The first-order valence-corrected chi connectivity index (χ1v) is 7.70. The Morgan fingerprint density at radius 2 is 2.05 bits per heavy atom. The molecule has 0 saturated heterocycles. The van der Waals surface area contributed by atoms with Crippen LogP contribution < -0.4 is 10.0 Å². The van der Waals surface area contributed by atoms with Gasteiger partial charge in [0.15, 0.2) is 0 Å². The van der Waals surface area contributed by atoms with Crippen LogP contribution in [0.25, 0.3) is 0 Å². The second-order valence-corrected chi connectivity index (χ2v) is 6.48. The van der Waals surface area contributed by atoms with Gasteiger partial charge in [-0.05, 0) is 20.2 Å². The normalized spacial score (nSPS) is 10.9. The van der Waals surface area contributed by atoms with E-state index < -0.39 is 10.0 Å². The molecule has 0 bridgehead atoms. The number of likely N-dealkylation sites (N-methyl/N-ethyl adjacent to an activating group) is 2. The van der Waals surface area contributed by atoms with Crippen molar-refractivity contribution < 1.29 is 13.2 Å². The lowest BCUT2D eigenvalue weighted by molar-refractivity contribution is 0.0801. The lowest BCUT2D eigenvalue weighted by Gasteiger charge is -2.15. The number of carbonyl (C=O) groups excluding carboxylic acids is 1. The molecule has 1 rings (SSSR count). The first kappa shape index (κ1) is 18.3. The molecule has 0 atom stereocenters. The summed E-state index contributed by atoms with van der Waals surface area (Å²) in [6.45, 7) is 1.26. The molecule has 0 aliphatic rings. The van der Waals surface area contributed by atoms with E-state index in [-0.39, 0.29) is 23.2 Å². The van der Waals surface area contributed by atoms with Gasteiger partial charge in [-0.25, -0.2) is 13.1 Å². The lowest BCUT2D eigenvalue weighted by atomic mass is 10.4. The molecule has 0 unspecified atom stereocenters. The van der Waals surface area contributed by atoms with Crippen molar-refractivity contribution in [3.8, 4) is 0 Å². The van der Waals surface area contributed by atoms with Gasteiger partial charge in [0.25, 0.3) is 5.91 Å². The Morgan fingerprint density at radius 3 is 2.58 bits per heavy atom. The molecule has 0 saturated carbocycles. The molecule has 9 heteroatoms. The average Bonchev–Trinajstić information content (AvgIpc) is 2.85. The molecule has 0 spiro atoms. The molecule has 0 radical (unpaired) electrons. The predicted molar refractivity (Wildman–Crippen MR) is 78.7 cm³/mol. The predicted octanol–water partition coefficient (Wildman–Crippen LogP) is 0.369. The zero-order valence-corrected chi connectivity index (χ0v) is 13.4. The molecule has 0 aliphatic carbocycles. The Kier molecular flexibility index (Phi) is 7.53. The Bertz CT molecular complexity index is 516. The highest BCUT2D eigenvalue weighted by molar-refractivity contribution is 7.89. The number of halogens is 1. The summed E-state index contributed by atoms with van der Waals surface area (Å²) in [6.07, 6.45) is 0. The van der Waals surface area contributed by atoms with E-state index in [4.69, 9.17) is 0 Å². The summed E-state index contributed by atoms with van der Waals surface area (Å²) < 4.78 is 25.3. The Balaban J connectivity index is 0.00000324. The summed E-state index contributed by atoms with van der Waals surface area (Å²) in [5, 5.41) is 4.41. The molecular weight excluding hydrogens is 310 g/mol. The summed E-state index contributed by atoms with van der Waals surface area (Å²) in [6, 6.07) is 1.40. The van der Waals surface area contributed by atoms with Gasteiger partial charge in [-0.15, -0.1) is 23.7 Å². The molecule has 2 N–H and O–H groups in total. The molecule has 110 valence electrons. The smallest absolute Gasteiger partial charge is 0.263 e. The zero-order valence-electron chi connectivity index (χ0n) is 11.0. The summed E-state index contributed by atoms with van der Waals surface area (Å²) in [5.41, 5.74) is 0. The Hall–Kier alpha value is -0.670. The van der Waals surface area contributed by atoms with Crippen LogP contribution >= 0.6 is 23.7 Å². The van der Waals surface area contributed by atoms with Crippen molar-refractivity contribution >= 4 is 39.7 Å². The third kappa shape index (κ3) is 4.73. The molecule has 0 fully saturated rings. The molecule has 19 heavy (non-hydrogen) atoms. The Labute approximate surface area is 123 Å². The zero-order chi connectivity index (χ0) is 13.8. The standard InChI is InChI=1S/C10H17N3O3S2.ClH/c1-11-4-5-13(3)10(14)9-6-8(7-17-9)18(15,16)12-2;/h6-7,11-12H,4-5H2,1-3H3;1H. The van der Waals surface area contributed by atoms with E-state index in [9.17, 15) is 13.2 Å². The van der Waals surface area contributed by atoms with Gasteiger partial charge >= 0.3 is 0 Å². The van der Waals surface area contributed by atoms with E-state index in [0.717, 1.165) is 11.3 Å². The maximum absolute atomic E-state index is 12.0. The van der Waals surface area contributed by atoms with Crippen LogP contribution in [-0.4, -0.2) is 53.5 Å². The molecule has 1 heterocycles. The Morgan fingerprint density at radius 1 is 1.42 bits per heavy atom. The molecule has 1 aromatic heterocycles. The van der Waals surface area contributed by atoms with Gasteiger partial charge in [0.2, 0.25) is 10.0 Å². The number of amides is 1. The molecule has 6 nitrogen and oxygen atoms in total. The van der Waals surface area contributed by atoms with Crippen molar-refractivity contribution in [2.75, 3.05) is 34.2 Å². The van der Waals surface area contributed by atoms with Crippen molar-refractivity contribution in [3.63, 3.8) is 0 Å². The first-order chi connectivity index (χ1) is 8.42. The molecular formula is C10H18ClN3O3S2. The largest absolute Gasteiger partial charge is 0.340 e. The van der Waals surface area contributed by atoms with Crippen LogP contribution in [0.1, 0.15) is 9.67 Å². The number of sulfonamides is 1. The number of hydrogen-bond acceptors (Lipinski definition) is 5. The summed E-state index contributed by atoms with van der Waals surface area (Å²) in [5.74, 6) is -0.173.